The summed E-state index contributed by atoms with van der Waals surface area (Å²) in [6.07, 6.45) is 2.66. The van der Waals surface area contributed by atoms with E-state index >= 15 is 0 Å². The molecular formula is C16H20N4OS. The van der Waals surface area contributed by atoms with Crippen LogP contribution in [0.5, 0.6) is 0 Å². The van der Waals surface area contributed by atoms with E-state index in [1.807, 2.05) is 0 Å². The molecule has 1 amide bonds. The molecule has 1 aromatic heterocycles. The summed E-state index contributed by atoms with van der Waals surface area (Å²) in [5.41, 5.74) is 7.80. The molecule has 1 aliphatic rings. The van der Waals surface area contributed by atoms with Crippen LogP contribution >= 0.6 is 11.8 Å². The zero-order valence-electron chi connectivity index (χ0n) is 12.7. The molecule has 6 heteroatoms. The monoisotopic (exact) mass is 316 g/mol. The molecule has 0 saturated heterocycles. The van der Waals surface area contributed by atoms with Gasteiger partial charge in [-0.3, -0.25) is 4.79 Å². The number of nitrogens with two attached hydrogens (primary N) is 1. The van der Waals surface area contributed by atoms with Gasteiger partial charge in [0.05, 0.1) is 0 Å². The van der Waals surface area contributed by atoms with E-state index in [-0.39, 0.29) is 5.91 Å². The number of benzene rings is 1. The lowest BCUT2D eigenvalue weighted by Crippen LogP contribution is -2.15. The highest BCUT2D eigenvalue weighted by Gasteiger charge is 2.30. The van der Waals surface area contributed by atoms with Crippen LogP contribution in [-0.4, -0.2) is 20.7 Å². The lowest BCUT2D eigenvalue weighted by molar-refractivity contribution is -0.118. The van der Waals surface area contributed by atoms with Crippen LogP contribution in [0.25, 0.3) is 0 Å². The van der Waals surface area contributed by atoms with Gasteiger partial charge in [0.1, 0.15) is 5.82 Å². The van der Waals surface area contributed by atoms with Crippen molar-refractivity contribution in [2.45, 2.75) is 49.6 Å². The third-order valence-electron chi connectivity index (χ3n) is 3.76. The minimum atomic E-state index is -0.287. The van der Waals surface area contributed by atoms with Crippen LogP contribution in [0.15, 0.2) is 29.4 Å². The highest BCUT2D eigenvalue weighted by Crippen LogP contribution is 2.40. The standard InChI is InChI=1S/C16H20N4OS/c1-11-2-4-12(5-3-11)10-22-16-19-18-15(13-6-7-13)20(16)9-8-14(17)21/h2-5,13H,6-10H2,1H3,(H2,17,21). The van der Waals surface area contributed by atoms with Crippen molar-refractivity contribution >= 4 is 17.7 Å². The Labute approximate surface area is 134 Å². The van der Waals surface area contributed by atoms with Crippen molar-refractivity contribution < 1.29 is 4.79 Å². The van der Waals surface area contributed by atoms with Crippen LogP contribution in [0.1, 0.15) is 42.1 Å². The van der Waals surface area contributed by atoms with Crippen LogP contribution in [0.4, 0.5) is 0 Å². The molecule has 1 saturated carbocycles. The zero-order chi connectivity index (χ0) is 15.5. The molecule has 2 aromatic rings. The number of rotatable bonds is 7. The summed E-state index contributed by atoms with van der Waals surface area (Å²) in [6.45, 7) is 2.66. The van der Waals surface area contributed by atoms with Crippen LogP contribution in [0.2, 0.25) is 0 Å². The van der Waals surface area contributed by atoms with Gasteiger partial charge in [-0.2, -0.15) is 0 Å². The highest BCUT2D eigenvalue weighted by molar-refractivity contribution is 7.98. The predicted octanol–water partition coefficient (Wildman–Crippen LogP) is 2.63. The Morgan fingerprint density at radius 3 is 2.68 bits per heavy atom. The van der Waals surface area contributed by atoms with Crippen LogP contribution in [0.3, 0.4) is 0 Å². The van der Waals surface area contributed by atoms with Gasteiger partial charge < -0.3 is 10.3 Å². The molecule has 116 valence electrons. The molecule has 0 bridgehead atoms. The Morgan fingerprint density at radius 1 is 1.32 bits per heavy atom. The zero-order valence-corrected chi connectivity index (χ0v) is 13.5. The first kappa shape index (κ1) is 15.1. The maximum absolute atomic E-state index is 11.1. The maximum Gasteiger partial charge on any atom is 0.219 e. The number of carbonyl (C=O) groups is 1. The fourth-order valence-corrected chi connectivity index (χ4v) is 3.24. The number of aryl methyl sites for hydroxylation is 1. The number of hydrogen-bond acceptors (Lipinski definition) is 4. The van der Waals surface area contributed by atoms with Crippen molar-refractivity contribution in [1.29, 1.82) is 0 Å². The van der Waals surface area contributed by atoms with Gasteiger partial charge in [-0.15, -0.1) is 10.2 Å². The van der Waals surface area contributed by atoms with Gasteiger partial charge in [-0.05, 0) is 25.3 Å². The Morgan fingerprint density at radius 2 is 2.05 bits per heavy atom. The van der Waals surface area contributed by atoms with Crippen molar-refractivity contribution in [2.24, 2.45) is 5.73 Å². The summed E-state index contributed by atoms with van der Waals surface area (Å²) in [5, 5.41) is 9.51. The number of nitrogens with zero attached hydrogens (tertiary/aromatic N) is 3. The van der Waals surface area contributed by atoms with Gasteiger partial charge >= 0.3 is 0 Å². The molecule has 0 radical (unpaired) electrons. The molecule has 0 aliphatic heterocycles. The minimum Gasteiger partial charge on any atom is -0.370 e. The molecule has 5 nitrogen and oxygen atoms in total. The summed E-state index contributed by atoms with van der Waals surface area (Å²) in [7, 11) is 0. The molecular weight excluding hydrogens is 296 g/mol. The van der Waals surface area contributed by atoms with Crippen LogP contribution in [0, 0.1) is 6.92 Å². The van der Waals surface area contributed by atoms with Crippen molar-refractivity contribution in [3.05, 3.63) is 41.2 Å². The van der Waals surface area contributed by atoms with Gasteiger partial charge in [0.2, 0.25) is 5.91 Å². The van der Waals surface area contributed by atoms with Crippen molar-refractivity contribution in [3.63, 3.8) is 0 Å². The maximum atomic E-state index is 11.1. The number of hydrogen-bond donors (Lipinski definition) is 1. The van der Waals surface area contributed by atoms with E-state index in [1.165, 1.54) is 11.1 Å². The van der Waals surface area contributed by atoms with E-state index in [1.54, 1.807) is 11.8 Å². The Bertz CT molecular complexity index is 661. The molecule has 0 unspecified atom stereocenters. The summed E-state index contributed by atoms with van der Waals surface area (Å²) in [6, 6.07) is 8.50. The topological polar surface area (TPSA) is 73.8 Å². The molecule has 1 fully saturated rings. The first-order chi connectivity index (χ1) is 10.6. The molecule has 3 rings (SSSR count). The van der Waals surface area contributed by atoms with Crippen molar-refractivity contribution in [1.82, 2.24) is 14.8 Å². The second kappa shape index (κ2) is 6.52. The number of thioether (sulfide) groups is 1. The Hall–Kier alpha value is -1.82. The lowest BCUT2D eigenvalue weighted by Gasteiger charge is -2.08. The van der Waals surface area contributed by atoms with Gasteiger partial charge in [-0.1, -0.05) is 41.6 Å². The van der Waals surface area contributed by atoms with E-state index in [9.17, 15) is 4.79 Å². The Balaban J connectivity index is 1.71. The first-order valence-corrected chi connectivity index (χ1v) is 8.52. The predicted molar refractivity (Wildman–Crippen MR) is 86.5 cm³/mol. The molecule has 1 aromatic carbocycles. The molecule has 2 N–H and O–H groups in total. The molecule has 1 aliphatic carbocycles. The van der Waals surface area contributed by atoms with E-state index in [2.05, 4.69) is 46.0 Å². The fraction of sp³-hybridized carbons (Fsp3) is 0.438. The number of primary amides is 1. The molecule has 0 atom stereocenters. The van der Waals surface area contributed by atoms with Crippen molar-refractivity contribution in [3.8, 4) is 0 Å². The van der Waals surface area contributed by atoms with Gasteiger partial charge in [0.25, 0.3) is 0 Å². The first-order valence-electron chi connectivity index (χ1n) is 7.53. The molecule has 22 heavy (non-hydrogen) atoms. The third-order valence-corrected chi connectivity index (χ3v) is 4.80. The SMILES string of the molecule is Cc1ccc(CSc2nnc(C3CC3)n2CCC(N)=O)cc1. The Kier molecular flexibility index (Phi) is 4.47. The normalized spacial score (nSPS) is 14.2. The fourth-order valence-electron chi connectivity index (χ4n) is 2.31. The average molecular weight is 316 g/mol. The van der Waals surface area contributed by atoms with Gasteiger partial charge in [-0.25, -0.2) is 0 Å². The average Bonchev–Trinajstić information content (AvgIpc) is 3.26. The summed E-state index contributed by atoms with van der Waals surface area (Å²) >= 11 is 1.66. The quantitative estimate of drug-likeness (QED) is 0.797. The van der Waals surface area contributed by atoms with E-state index in [0.29, 0.717) is 18.9 Å². The van der Waals surface area contributed by atoms with Gasteiger partial charge in [0, 0.05) is 24.6 Å². The van der Waals surface area contributed by atoms with Crippen LogP contribution < -0.4 is 5.73 Å². The third kappa shape index (κ3) is 3.68. The molecule has 0 spiro atoms. The highest BCUT2D eigenvalue weighted by atomic mass is 32.2. The minimum absolute atomic E-state index is 0.287. The number of amides is 1. The van der Waals surface area contributed by atoms with Crippen molar-refractivity contribution in [2.75, 3.05) is 0 Å². The van der Waals surface area contributed by atoms with E-state index < -0.39 is 0 Å². The largest absolute Gasteiger partial charge is 0.370 e. The van der Waals surface area contributed by atoms with E-state index in [4.69, 9.17) is 5.73 Å². The van der Waals surface area contributed by atoms with E-state index in [0.717, 1.165) is 29.6 Å². The summed E-state index contributed by atoms with van der Waals surface area (Å²) in [5.74, 6) is 2.08. The smallest absolute Gasteiger partial charge is 0.219 e. The second-order valence-electron chi connectivity index (χ2n) is 5.76. The number of carbonyl (C=O) groups excluding carboxylic acids is 1. The molecule has 1 heterocycles. The van der Waals surface area contributed by atoms with Crippen LogP contribution in [-0.2, 0) is 17.1 Å². The summed E-state index contributed by atoms with van der Waals surface area (Å²) in [4.78, 5) is 11.1. The second-order valence-corrected chi connectivity index (χ2v) is 6.70. The lowest BCUT2D eigenvalue weighted by atomic mass is 10.2. The summed E-state index contributed by atoms with van der Waals surface area (Å²) < 4.78 is 2.07. The van der Waals surface area contributed by atoms with Gasteiger partial charge in [0.15, 0.2) is 5.16 Å². The number of aromatic nitrogens is 3.